The predicted octanol–water partition coefficient (Wildman–Crippen LogP) is 3.44. The standard InChI is InChI=1S/C17H25FN2/c18-16-8-7-13(11-19)10-15(16)12-20-9-3-6-17(20)14-4-1-2-5-14/h7-8,10,14,17H,1-6,9,11-12,19H2. The van der Waals surface area contributed by atoms with Gasteiger partial charge in [-0.05, 0) is 49.8 Å². The van der Waals surface area contributed by atoms with Crippen LogP contribution in [-0.2, 0) is 13.1 Å². The molecule has 1 aromatic rings. The highest BCUT2D eigenvalue weighted by Crippen LogP contribution is 2.36. The van der Waals surface area contributed by atoms with Crippen LogP contribution in [0.2, 0.25) is 0 Å². The van der Waals surface area contributed by atoms with Gasteiger partial charge in [0.25, 0.3) is 0 Å². The van der Waals surface area contributed by atoms with Gasteiger partial charge in [-0.1, -0.05) is 25.0 Å². The van der Waals surface area contributed by atoms with Crippen molar-refractivity contribution in [1.29, 1.82) is 0 Å². The van der Waals surface area contributed by atoms with Crippen LogP contribution < -0.4 is 5.73 Å². The molecule has 2 fully saturated rings. The fourth-order valence-electron chi connectivity index (χ4n) is 4.02. The van der Waals surface area contributed by atoms with Crippen LogP contribution in [0.1, 0.15) is 49.7 Å². The van der Waals surface area contributed by atoms with Crippen molar-refractivity contribution in [3.8, 4) is 0 Å². The van der Waals surface area contributed by atoms with Crippen LogP contribution in [0.3, 0.4) is 0 Å². The normalized spacial score (nSPS) is 24.6. The van der Waals surface area contributed by atoms with Crippen LogP contribution in [0.25, 0.3) is 0 Å². The van der Waals surface area contributed by atoms with Crippen molar-refractivity contribution in [2.45, 2.75) is 57.7 Å². The lowest BCUT2D eigenvalue weighted by Crippen LogP contribution is -2.34. The monoisotopic (exact) mass is 276 g/mol. The van der Waals surface area contributed by atoms with Gasteiger partial charge in [-0.3, -0.25) is 4.90 Å². The van der Waals surface area contributed by atoms with Gasteiger partial charge < -0.3 is 5.73 Å². The Kier molecular flexibility index (Phi) is 4.37. The highest BCUT2D eigenvalue weighted by molar-refractivity contribution is 5.25. The molecular formula is C17H25FN2. The zero-order valence-corrected chi connectivity index (χ0v) is 12.2. The molecule has 3 rings (SSSR count). The Morgan fingerprint density at radius 1 is 1.15 bits per heavy atom. The number of rotatable bonds is 4. The smallest absolute Gasteiger partial charge is 0.127 e. The van der Waals surface area contributed by atoms with Crippen molar-refractivity contribution in [2.75, 3.05) is 6.54 Å². The van der Waals surface area contributed by atoms with Crippen molar-refractivity contribution in [3.63, 3.8) is 0 Å². The molecule has 1 aliphatic heterocycles. The second kappa shape index (κ2) is 6.23. The SMILES string of the molecule is NCc1ccc(F)c(CN2CCCC2C2CCCC2)c1. The molecule has 2 aliphatic rings. The van der Waals surface area contributed by atoms with Gasteiger partial charge in [0, 0.05) is 24.7 Å². The molecule has 110 valence electrons. The van der Waals surface area contributed by atoms with E-state index in [0.717, 1.165) is 30.1 Å². The summed E-state index contributed by atoms with van der Waals surface area (Å²) in [6.45, 7) is 2.35. The van der Waals surface area contributed by atoms with Gasteiger partial charge in [0.15, 0.2) is 0 Å². The third-order valence-corrected chi connectivity index (χ3v) is 5.08. The van der Waals surface area contributed by atoms with Crippen molar-refractivity contribution in [1.82, 2.24) is 4.90 Å². The Morgan fingerprint density at radius 3 is 2.70 bits per heavy atom. The van der Waals surface area contributed by atoms with E-state index in [9.17, 15) is 4.39 Å². The molecule has 0 spiro atoms. The Balaban J connectivity index is 1.72. The third kappa shape index (κ3) is 2.89. The van der Waals surface area contributed by atoms with Crippen LogP contribution in [0.5, 0.6) is 0 Å². The molecule has 1 saturated heterocycles. The van der Waals surface area contributed by atoms with E-state index in [2.05, 4.69) is 4.90 Å². The highest BCUT2D eigenvalue weighted by Gasteiger charge is 2.33. The van der Waals surface area contributed by atoms with Gasteiger partial charge in [0.1, 0.15) is 5.82 Å². The molecule has 1 heterocycles. The Morgan fingerprint density at radius 2 is 1.95 bits per heavy atom. The molecule has 0 amide bonds. The average Bonchev–Trinajstić information content (AvgIpc) is 3.11. The first-order valence-corrected chi connectivity index (χ1v) is 7.99. The molecule has 2 nitrogen and oxygen atoms in total. The highest BCUT2D eigenvalue weighted by atomic mass is 19.1. The van der Waals surface area contributed by atoms with E-state index < -0.39 is 0 Å². The number of hydrogen-bond donors (Lipinski definition) is 1. The summed E-state index contributed by atoms with van der Waals surface area (Å²) in [5.74, 6) is 0.762. The lowest BCUT2D eigenvalue weighted by Gasteiger charge is -2.29. The van der Waals surface area contributed by atoms with Crippen LogP contribution in [-0.4, -0.2) is 17.5 Å². The van der Waals surface area contributed by atoms with Crippen LogP contribution in [0, 0.1) is 11.7 Å². The maximum atomic E-state index is 14.0. The first-order valence-electron chi connectivity index (χ1n) is 7.99. The van der Waals surface area contributed by atoms with E-state index in [1.807, 2.05) is 6.07 Å². The van der Waals surface area contributed by atoms with Crippen molar-refractivity contribution >= 4 is 0 Å². The summed E-state index contributed by atoms with van der Waals surface area (Å²) in [5, 5.41) is 0. The topological polar surface area (TPSA) is 29.3 Å². The summed E-state index contributed by atoms with van der Waals surface area (Å²) >= 11 is 0. The van der Waals surface area contributed by atoms with E-state index in [-0.39, 0.29) is 5.82 Å². The van der Waals surface area contributed by atoms with Gasteiger partial charge in [-0.15, -0.1) is 0 Å². The van der Waals surface area contributed by atoms with Crippen molar-refractivity contribution in [3.05, 3.63) is 35.1 Å². The summed E-state index contributed by atoms with van der Waals surface area (Å²) in [4.78, 5) is 2.51. The number of halogens is 1. The van der Waals surface area contributed by atoms with Crippen molar-refractivity contribution < 1.29 is 4.39 Å². The molecule has 20 heavy (non-hydrogen) atoms. The zero-order chi connectivity index (χ0) is 13.9. The van der Waals surface area contributed by atoms with Crippen molar-refractivity contribution in [2.24, 2.45) is 11.7 Å². The van der Waals surface area contributed by atoms with Crippen LogP contribution >= 0.6 is 0 Å². The maximum Gasteiger partial charge on any atom is 0.127 e. The summed E-state index contributed by atoms with van der Waals surface area (Å²) < 4.78 is 14.0. The van der Waals surface area contributed by atoms with Crippen LogP contribution in [0.15, 0.2) is 18.2 Å². The fourth-order valence-corrected chi connectivity index (χ4v) is 4.02. The molecule has 1 saturated carbocycles. The van der Waals surface area contributed by atoms with E-state index in [1.54, 1.807) is 12.1 Å². The molecule has 1 aliphatic carbocycles. The van der Waals surface area contributed by atoms with E-state index >= 15 is 0 Å². The van der Waals surface area contributed by atoms with Gasteiger partial charge in [-0.2, -0.15) is 0 Å². The van der Waals surface area contributed by atoms with Crippen LogP contribution in [0.4, 0.5) is 4.39 Å². The predicted molar refractivity (Wildman–Crippen MR) is 79.7 cm³/mol. The molecule has 2 N–H and O–H groups in total. The maximum absolute atomic E-state index is 14.0. The van der Waals surface area contributed by atoms with Gasteiger partial charge in [-0.25, -0.2) is 4.39 Å². The molecule has 0 radical (unpaired) electrons. The molecule has 0 aromatic heterocycles. The number of nitrogens with two attached hydrogens (primary N) is 1. The Labute approximate surface area is 121 Å². The lowest BCUT2D eigenvalue weighted by molar-refractivity contribution is 0.181. The van der Waals surface area contributed by atoms with E-state index in [4.69, 9.17) is 5.73 Å². The van der Waals surface area contributed by atoms with Gasteiger partial charge >= 0.3 is 0 Å². The van der Waals surface area contributed by atoms with E-state index in [0.29, 0.717) is 12.6 Å². The molecule has 1 unspecified atom stereocenters. The zero-order valence-electron chi connectivity index (χ0n) is 12.2. The summed E-state index contributed by atoms with van der Waals surface area (Å²) in [6, 6.07) is 5.98. The summed E-state index contributed by atoms with van der Waals surface area (Å²) in [5.41, 5.74) is 7.51. The summed E-state index contributed by atoms with van der Waals surface area (Å²) in [6.07, 6.45) is 8.05. The Hall–Kier alpha value is -0.930. The molecule has 3 heteroatoms. The minimum Gasteiger partial charge on any atom is -0.326 e. The quantitative estimate of drug-likeness (QED) is 0.912. The first-order chi connectivity index (χ1) is 9.78. The average molecular weight is 276 g/mol. The second-order valence-electron chi connectivity index (χ2n) is 6.35. The summed E-state index contributed by atoms with van der Waals surface area (Å²) in [7, 11) is 0. The first kappa shape index (κ1) is 14.0. The second-order valence-corrected chi connectivity index (χ2v) is 6.35. The number of benzene rings is 1. The molecule has 1 aromatic carbocycles. The lowest BCUT2D eigenvalue weighted by atomic mass is 9.95. The largest absolute Gasteiger partial charge is 0.326 e. The third-order valence-electron chi connectivity index (χ3n) is 5.08. The number of nitrogens with zero attached hydrogens (tertiary/aromatic N) is 1. The number of hydrogen-bond acceptors (Lipinski definition) is 2. The molecule has 1 atom stereocenters. The Bertz CT molecular complexity index is 454. The van der Waals surface area contributed by atoms with E-state index in [1.165, 1.54) is 38.5 Å². The molecular weight excluding hydrogens is 251 g/mol. The minimum atomic E-state index is -0.0840. The fraction of sp³-hybridized carbons (Fsp3) is 0.647. The van der Waals surface area contributed by atoms with Gasteiger partial charge in [0.05, 0.1) is 0 Å². The molecule has 0 bridgehead atoms. The minimum absolute atomic E-state index is 0.0840. The number of likely N-dealkylation sites (tertiary alicyclic amines) is 1. The van der Waals surface area contributed by atoms with Gasteiger partial charge in [0.2, 0.25) is 0 Å².